The molecule has 1 saturated heterocycles. The first-order valence-electron chi connectivity index (χ1n) is 12.6. The van der Waals surface area contributed by atoms with Gasteiger partial charge in [-0.15, -0.1) is 5.10 Å². The molecule has 6 rings (SSSR count). The summed E-state index contributed by atoms with van der Waals surface area (Å²) >= 11 is 0. The van der Waals surface area contributed by atoms with Crippen molar-refractivity contribution in [2.24, 2.45) is 11.8 Å². The van der Waals surface area contributed by atoms with Crippen LogP contribution in [-0.4, -0.2) is 61.6 Å². The highest BCUT2D eigenvalue weighted by Gasteiger charge is 2.53. The Hall–Kier alpha value is -4.48. The van der Waals surface area contributed by atoms with E-state index in [2.05, 4.69) is 15.6 Å². The van der Waals surface area contributed by atoms with Gasteiger partial charge in [0.2, 0.25) is 12.5 Å². The normalized spacial score (nSPS) is 22.5. The Morgan fingerprint density at radius 2 is 1.72 bits per heavy atom. The maximum atomic E-state index is 13.3. The third-order valence-corrected chi connectivity index (χ3v) is 7.62. The molecule has 4 atom stereocenters. The number of carbonyl (C=O) groups excluding carboxylic acids is 2. The second-order valence-corrected chi connectivity index (χ2v) is 9.50. The van der Waals surface area contributed by atoms with Crippen LogP contribution in [0.3, 0.4) is 0 Å². The number of methoxy groups -OCH3 is 3. The summed E-state index contributed by atoms with van der Waals surface area (Å²) in [6.07, 6.45) is 1.59. The third-order valence-electron chi connectivity index (χ3n) is 7.62. The molecule has 1 amide bonds. The molecule has 1 aromatic heterocycles. The van der Waals surface area contributed by atoms with Crippen molar-refractivity contribution in [2.75, 3.05) is 34.7 Å². The fraction of sp³-hybridized carbons (Fsp3) is 0.407. The first kappa shape index (κ1) is 24.8. The van der Waals surface area contributed by atoms with Crippen LogP contribution in [0, 0.1) is 11.8 Å². The number of nitrogens with one attached hydrogen (secondary N) is 1. The van der Waals surface area contributed by atoms with Crippen LogP contribution in [0.15, 0.2) is 30.5 Å². The van der Waals surface area contributed by atoms with Gasteiger partial charge in [0.15, 0.2) is 28.7 Å². The first-order valence-corrected chi connectivity index (χ1v) is 12.6. The van der Waals surface area contributed by atoms with E-state index in [1.54, 1.807) is 25.1 Å². The second-order valence-electron chi connectivity index (χ2n) is 9.50. The molecule has 0 radical (unpaired) electrons. The zero-order valence-electron chi connectivity index (χ0n) is 21.9. The molecule has 0 saturated carbocycles. The number of rotatable bonds is 7. The van der Waals surface area contributed by atoms with Gasteiger partial charge in [0.05, 0.1) is 46.1 Å². The van der Waals surface area contributed by atoms with Gasteiger partial charge >= 0.3 is 5.97 Å². The summed E-state index contributed by atoms with van der Waals surface area (Å²) in [5.74, 6) is 0.351. The molecule has 3 heterocycles. The average molecular weight is 537 g/mol. The summed E-state index contributed by atoms with van der Waals surface area (Å²) in [4.78, 5) is 26.6. The van der Waals surface area contributed by atoms with E-state index in [4.69, 9.17) is 28.4 Å². The van der Waals surface area contributed by atoms with Crippen LogP contribution < -0.4 is 29.0 Å². The number of hydrogen-bond donors (Lipinski definition) is 1. The number of hydrogen-bond acceptors (Lipinski definition) is 10. The lowest BCUT2D eigenvalue weighted by molar-refractivity contribution is -0.141. The Labute approximate surface area is 224 Å². The van der Waals surface area contributed by atoms with Crippen LogP contribution in [-0.2, 0) is 16.1 Å². The summed E-state index contributed by atoms with van der Waals surface area (Å²) < 4.78 is 35.3. The Bertz CT molecular complexity index is 1430. The van der Waals surface area contributed by atoms with Crippen LogP contribution in [0.25, 0.3) is 0 Å². The Kier molecular flexibility index (Phi) is 6.16. The van der Waals surface area contributed by atoms with Gasteiger partial charge in [-0.2, -0.15) is 0 Å². The maximum absolute atomic E-state index is 13.3. The topological polar surface area (TPSA) is 132 Å². The average Bonchev–Trinajstić information content (AvgIpc) is 3.71. The highest BCUT2D eigenvalue weighted by molar-refractivity contribution is 5.92. The lowest BCUT2D eigenvalue weighted by Gasteiger charge is -2.39. The van der Waals surface area contributed by atoms with Gasteiger partial charge in [0.1, 0.15) is 0 Å². The Balaban J connectivity index is 1.50. The minimum atomic E-state index is -0.600. The number of carbonyl (C=O) groups is 2. The highest BCUT2D eigenvalue weighted by atomic mass is 16.7. The first-order chi connectivity index (χ1) is 19.0. The fourth-order valence-electron chi connectivity index (χ4n) is 5.80. The summed E-state index contributed by atoms with van der Waals surface area (Å²) in [6.45, 7) is 2.72. The molecule has 1 fully saturated rings. The summed E-state index contributed by atoms with van der Waals surface area (Å²) in [6, 6.07) is 6.87. The minimum Gasteiger partial charge on any atom is -0.493 e. The second kappa shape index (κ2) is 9.68. The van der Waals surface area contributed by atoms with Gasteiger partial charge in [-0.1, -0.05) is 5.21 Å². The molecule has 0 bridgehead atoms. The molecule has 0 unspecified atom stereocenters. The lowest BCUT2D eigenvalue weighted by atomic mass is 9.65. The van der Waals surface area contributed by atoms with Gasteiger partial charge in [0, 0.05) is 18.4 Å². The SMILES string of the molecule is CCn1cc(C(=O)N[C@@H]2c3cc4c(cc3[C@@H](c3cc(OC)c(OC)c(OC)c3)[C@H]3C(=O)OC[C@@H]32)OCO4)nn1. The zero-order chi connectivity index (χ0) is 27.3. The molecule has 12 heteroatoms. The number of esters is 1. The number of aryl methyl sites for hydroxylation is 1. The molecule has 1 N–H and O–H groups in total. The predicted octanol–water partition coefficient (Wildman–Crippen LogP) is 2.46. The van der Waals surface area contributed by atoms with Gasteiger partial charge in [0.25, 0.3) is 5.91 Å². The van der Waals surface area contributed by atoms with Crippen molar-refractivity contribution in [3.05, 3.63) is 52.8 Å². The van der Waals surface area contributed by atoms with Crippen molar-refractivity contribution in [2.45, 2.75) is 25.4 Å². The largest absolute Gasteiger partial charge is 0.493 e. The van der Waals surface area contributed by atoms with Crippen LogP contribution in [0.1, 0.15) is 46.1 Å². The molecule has 3 aromatic rings. The fourth-order valence-corrected chi connectivity index (χ4v) is 5.80. The third kappa shape index (κ3) is 3.98. The standard InChI is InChI=1S/C27H28N4O8/c1-5-31-10-17(29-30-31)26(32)28-24-15-9-19-18(38-12-39-19)8-14(15)22(23-16(24)11-37-27(23)33)13-6-20(34-2)25(36-4)21(7-13)35-3/h6-10,16,22-24H,5,11-12H2,1-4H3,(H,28,32)/t16-,22+,23-,24+/m0/s1. The molecular formula is C27H28N4O8. The van der Waals surface area contributed by atoms with Gasteiger partial charge in [-0.25, -0.2) is 0 Å². The number of benzene rings is 2. The van der Waals surface area contributed by atoms with Crippen LogP contribution in [0.5, 0.6) is 28.7 Å². The molecule has 39 heavy (non-hydrogen) atoms. The lowest BCUT2D eigenvalue weighted by Crippen LogP contribution is -2.43. The minimum absolute atomic E-state index is 0.0825. The van der Waals surface area contributed by atoms with Crippen molar-refractivity contribution in [3.8, 4) is 28.7 Å². The van der Waals surface area contributed by atoms with Crippen LogP contribution in [0.4, 0.5) is 0 Å². The monoisotopic (exact) mass is 536 g/mol. The van der Waals surface area contributed by atoms with Crippen molar-refractivity contribution >= 4 is 11.9 Å². The summed E-state index contributed by atoms with van der Waals surface area (Å²) in [5.41, 5.74) is 2.56. The number of cyclic esters (lactones) is 1. The number of amides is 1. The number of fused-ring (bicyclic) bond motifs is 3. The van der Waals surface area contributed by atoms with Crippen molar-refractivity contribution in [1.82, 2.24) is 20.3 Å². The van der Waals surface area contributed by atoms with Crippen molar-refractivity contribution < 1.29 is 38.0 Å². The summed E-state index contributed by atoms with van der Waals surface area (Å²) in [7, 11) is 4.62. The quantitative estimate of drug-likeness (QED) is 0.449. The van der Waals surface area contributed by atoms with Crippen LogP contribution >= 0.6 is 0 Å². The van der Waals surface area contributed by atoms with Gasteiger partial charge in [-0.05, 0) is 47.9 Å². The molecule has 2 aliphatic heterocycles. The highest BCUT2D eigenvalue weighted by Crippen LogP contribution is 2.55. The number of aromatic nitrogens is 3. The van der Waals surface area contributed by atoms with Gasteiger partial charge in [-0.3, -0.25) is 14.3 Å². The van der Waals surface area contributed by atoms with E-state index in [1.807, 2.05) is 31.2 Å². The predicted molar refractivity (Wildman–Crippen MR) is 134 cm³/mol. The molecular weight excluding hydrogens is 508 g/mol. The van der Waals surface area contributed by atoms with Gasteiger partial charge < -0.3 is 33.7 Å². The molecule has 3 aliphatic rings. The Morgan fingerprint density at radius 3 is 2.33 bits per heavy atom. The van der Waals surface area contributed by atoms with E-state index in [0.717, 1.165) is 16.7 Å². The Morgan fingerprint density at radius 1 is 1.03 bits per heavy atom. The molecule has 12 nitrogen and oxygen atoms in total. The summed E-state index contributed by atoms with van der Waals surface area (Å²) in [5, 5.41) is 11.1. The van der Waals surface area contributed by atoms with E-state index in [1.165, 1.54) is 7.11 Å². The molecule has 0 spiro atoms. The van der Waals surface area contributed by atoms with Crippen molar-refractivity contribution in [3.63, 3.8) is 0 Å². The van der Waals surface area contributed by atoms with Crippen LogP contribution in [0.2, 0.25) is 0 Å². The number of ether oxygens (including phenoxy) is 6. The van der Waals surface area contributed by atoms with E-state index in [-0.39, 0.29) is 31.0 Å². The molecule has 204 valence electrons. The zero-order valence-corrected chi connectivity index (χ0v) is 21.9. The smallest absolute Gasteiger partial charge is 0.310 e. The maximum Gasteiger partial charge on any atom is 0.310 e. The van der Waals surface area contributed by atoms with E-state index in [0.29, 0.717) is 35.3 Å². The van der Waals surface area contributed by atoms with E-state index < -0.39 is 23.8 Å². The number of nitrogens with zero attached hydrogens (tertiary/aromatic N) is 3. The molecule has 1 aliphatic carbocycles. The van der Waals surface area contributed by atoms with E-state index >= 15 is 0 Å². The van der Waals surface area contributed by atoms with Crippen molar-refractivity contribution in [1.29, 1.82) is 0 Å². The van der Waals surface area contributed by atoms with E-state index in [9.17, 15) is 9.59 Å². The molecule has 2 aromatic carbocycles.